The van der Waals surface area contributed by atoms with E-state index in [1.165, 1.54) is 44.1 Å². The van der Waals surface area contributed by atoms with Gasteiger partial charge in [-0.25, -0.2) is 9.59 Å². The average Bonchev–Trinajstić information content (AvgIpc) is 3.84. The number of carboxylic acids is 2. The second kappa shape index (κ2) is 18.0. The van der Waals surface area contributed by atoms with E-state index >= 15 is 0 Å². The number of aliphatic carboxylic acids is 2. The fourth-order valence-electron chi connectivity index (χ4n) is 10.1. The molecule has 58 heavy (non-hydrogen) atoms. The Bertz CT molecular complexity index is 1960. The van der Waals surface area contributed by atoms with Gasteiger partial charge < -0.3 is 50.0 Å². The third-order valence-electron chi connectivity index (χ3n) is 13.1. The Kier molecular flexibility index (Phi) is 13.3. The molecule has 2 fully saturated rings. The van der Waals surface area contributed by atoms with Gasteiger partial charge in [0.25, 0.3) is 0 Å². The van der Waals surface area contributed by atoms with Gasteiger partial charge in [-0.2, -0.15) is 0 Å². The smallest absolute Gasteiger partial charge is 0.335 e. The van der Waals surface area contributed by atoms with Gasteiger partial charge in [-0.1, -0.05) is 24.3 Å². The van der Waals surface area contributed by atoms with Crippen molar-refractivity contribution in [1.82, 2.24) is 29.6 Å². The number of aromatic amines is 2. The number of carboxylic acid groups (broad SMARTS) is 2. The summed E-state index contributed by atoms with van der Waals surface area (Å²) < 4.78 is 0. The van der Waals surface area contributed by atoms with Crippen LogP contribution in [-0.4, -0.2) is 151 Å². The molecular formula is C44H60N6O8. The second-order valence-corrected chi connectivity index (χ2v) is 16.3. The molecule has 0 saturated carbocycles. The molecule has 4 aromatic rings. The SMILES string of the molecule is CCN(CC)C(=O)C1CC2c3cccc4[nH]cc(c34)C[C@H]2N(C)C1.CCN(CC)C(=O)C1CC2c3cccc4[nH]cc(c34)C[C@H]2N(C)C1.O=C(O)C(O)C(O)C(=O)O. The van der Waals surface area contributed by atoms with E-state index < -0.39 is 24.1 Å². The molecule has 0 bridgehead atoms. The molecule has 14 nitrogen and oxygen atoms in total. The van der Waals surface area contributed by atoms with Gasteiger partial charge in [-0.15, -0.1) is 0 Å². The molecule has 2 aliphatic heterocycles. The zero-order valence-electron chi connectivity index (χ0n) is 34.5. The predicted octanol–water partition coefficient (Wildman–Crippen LogP) is 3.87. The van der Waals surface area contributed by atoms with E-state index in [2.05, 4.69) is 110 Å². The summed E-state index contributed by atoms with van der Waals surface area (Å²) in [6.07, 6.45) is 3.95. The fourth-order valence-corrected chi connectivity index (χ4v) is 10.1. The van der Waals surface area contributed by atoms with Gasteiger partial charge in [-0.3, -0.25) is 9.59 Å². The highest BCUT2D eigenvalue weighted by atomic mass is 16.4. The van der Waals surface area contributed by atoms with Crippen LogP contribution in [0.2, 0.25) is 0 Å². The Morgan fingerprint density at radius 1 is 0.655 bits per heavy atom. The lowest BCUT2D eigenvalue weighted by Gasteiger charge is -2.45. The molecule has 4 aliphatic rings. The highest BCUT2D eigenvalue weighted by Gasteiger charge is 2.43. The number of carbonyl (C=O) groups is 4. The molecule has 314 valence electrons. The zero-order valence-corrected chi connectivity index (χ0v) is 34.5. The summed E-state index contributed by atoms with van der Waals surface area (Å²) in [6, 6.07) is 14.2. The number of likely N-dealkylation sites (tertiary alicyclic amines) is 2. The molecular weight excluding hydrogens is 741 g/mol. The maximum Gasteiger partial charge on any atom is 0.335 e. The van der Waals surface area contributed by atoms with Crippen LogP contribution in [0.1, 0.15) is 74.6 Å². The van der Waals surface area contributed by atoms with Crippen molar-refractivity contribution >= 4 is 45.6 Å². The number of carbonyl (C=O) groups excluding carboxylic acids is 2. The highest BCUT2D eigenvalue weighted by molar-refractivity contribution is 5.90. The van der Waals surface area contributed by atoms with Gasteiger partial charge >= 0.3 is 11.9 Å². The van der Waals surface area contributed by atoms with E-state index in [4.69, 9.17) is 20.4 Å². The Morgan fingerprint density at radius 2 is 1.02 bits per heavy atom. The van der Waals surface area contributed by atoms with Gasteiger partial charge in [0.15, 0.2) is 12.2 Å². The first-order chi connectivity index (χ1) is 27.7. The average molecular weight is 801 g/mol. The first-order valence-electron chi connectivity index (χ1n) is 20.7. The lowest BCUT2D eigenvalue weighted by Crippen LogP contribution is -2.52. The summed E-state index contributed by atoms with van der Waals surface area (Å²) in [5.74, 6) is -1.72. The standard InChI is InChI=1S/2C20H27N3O.C4H6O6/c2*1-4-23(5-2)20(24)14-9-16-15-7-6-8-17-19(15)13(11-21-17)10-18(16)22(3)12-14;5-1(3(7)8)2(6)4(9)10/h2*6-8,11,14,16,18,21H,4-5,9-10,12H2,1-3H3;1-2,5-6H,(H,7,8)(H,9,10)/t2*14?,16?,18-;/m11./s1. The number of nitrogens with one attached hydrogen (secondary N) is 2. The Morgan fingerprint density at radius 3 is 1.34 bits per heavy atom. The maximum absolute atomic E-state index is 12.9. The number of aliphatic hydroxyl groups excluding tert-OH is 2. The quantitative estimate of drug-likeness (QED) is 0.145. The number of hydrogen-bond acceptors (Lipinski definition) is 8. The lowest BCUT2D eigenvalue weighted by molar-refractivity contribution is -0.165. The molecule has 2 aromatic carbocycles. The summed E-state index contributed by atoms with van der Waals surface area (Å²) in [5.41, 5.74) is 8.21. The normalized spacial score (nSPS) is 24.6. The molecule has 2 saturated heterocycles. The third kappa shape index (κ3) is 8.25. The van der Waals surface area contributed by atoms with E-state index in [0.717, 1.165) is 65.0 Å². The van der Waals surface area contributed by atoms with Crippen molar-refractivity contribution in [2.45, 2.75) is 89.5 Å². The molecule has 8 atom stereocenters. The number of nitrogens with zero attached hydrogens (tertiary/aromatic N) is 4. The number of aromatic nitrogens is 2. The van der Waals surface area contributed by atoms with Gasteiger partial charge in [0, 0.05) is 97.4 Å². The molecule has 0 spiro atoms. The van der Waals surface area contributed by atoms with Crippen molar-refractivity contribution in [3.05, 3.63) is 71.0 Å². The van der Waals surface area contributed by atoms with Crippen LogP contribution < -0.4 is 0 Å². The van der Waals surface area contributed by atoms with Crippen LogP contribution in [0.4, 0.5) is 0 Å². The van der Waals surface area contributed by atoms with E-state index in [9.17, 15) is 19.2 Å². The first kappa shape index (κ1) is 42.8. The molecule has 8 rings (SSSR count). The highest BCUT2D eigenvalue weighted by Crippen LogP contribution is 2.46. The van der Waals surface area contributed by atoms with Crippen molar-refractivity contribution < 1.29 is 39.6 Å². The zero-order chi connectivity index (χ0) is 42.0. The molecule has 14 heteroatoms. The van der Waals surface area contributed by atoms with Crippen LogP contribution in [-0.2, 0) is 32.0 Å². The van der Waals surface area contributed by atoms with Crippen molar-refractivity contribution in [1.29, 1.82) is 0 Å². The van der Waals surface area contributed by atoms with Gasteiger partial charge in [0.2, 0.25) is 11.8 Å². The van der Waals surface area contributed by atoms with Crippen molar-refractivity contribution in [3.8, 4) is 0 Å². The monoisotopic (exact) mass is 800 g/mol. The van der Waals surface area contributed by atoms with Gasteiger partial charge in [0.05, 0.1) is 11.8 Å². The van der Waals surface area contributed by atoms with Crippen LogP contribution in [0.25, 0.3) is 21.8 Å². The van der Waals surface area contributed by atoms with Crippen LogP contribution in [0.15, 0.2) is 48.8 Å². The van der Waals surface area contributed by atoms with Crippen LogP contribution in [0, 0.1) is 11.8 Å². The van der Waals surface area contributed by atoms with E-state index in [-0.39, 0.29) is 11.8 Å². The molecule has 2 aromatic heterocycles. The van der Waals surface area contributed by atoms with Gasteiger partial charge in [0.1, 0.15) is 0 Å². The summed E-state index contributed by atoms with van der Waals surface area (Å²) in [6.45, 7) is 13.3. The number of fused-ring (bicyclic) bond motifs is 4. The summed E-state index contributed by atoms with van der Waals surface area (Å²) in [7, 11) is 4.38. The largest absolute Gasteiger partial charge is 0.479 e. The Balaban J connectivity index is 0.000000160. The number of amides is 2. The topological polar surface area (TPSA) is 194 Å². The van der Waals surface area contributed by atoms with Crippen LogP contribution in [0.3, 0.4) is 0 Å². The minimum Gasteiger partial charge on any atom is -0.479 e. The van der Waals surface area contributed by atoms with E-state index in [1.54, 1.807) is 0 Å². The number of likely N-dealkylation sites (N-methyl/N-ethyl adjacent to an activating group) is 2. The molecule has 6 unspecified atom stereocenters. The van der Waals surface area contributed by atoms with E-state index in [1.807, 2.05) is 9.80 Å². The predicted molar refractivity (Wildman–Crippen MR) is 222 cm³/mol. The number of aliphatic hydroxyl groups is 2. The number of benzene rings is 2. The summed E-state index contributed by atoms with van der Waals surface area (Å²) in [5, 5.41) is 35.3. The molecule has 6 N–H and O–H groups in total. The fraction of sp³-hybridized carbons (Fsp3) is 0.545. The Labute approximate surface area is 339 Å². The molecule has 4 heterocycles. The van der Waals surface area contributed by atoms with E-state index in [0.29, 0.717) is 35.7 Å². The molecule has 2 amide bonds. The second-order valence-electron chi connectivity index (χ2n) is 16.3. The third-order valence-corrected chi connectivity index (χ3v) is 13.1. The number of H-pyrrole nitrogens is 2. The first-order valence-corrected chi connectivity index (χ1v) is 20.7. The van der Waals surface area contributed by atoms with Crippen molar-refractivity contribution in [2.24, 2.45) is 11.8 Å². The Hall–Kier alpha value is -4.76. The summed E-state index contributed by atoms with van der Waals surface area (Å²) in [4.78, 5) is 61.0. The number of rotatable bonds is 9. The molecule has 2 aliphatic carbocycles. The minimum atomic E-state index is -2.27. The van der Waals surface area contributed by atoms with Crippen molar-refractivity contribution in [3.63, 3.8) is 0 Å². The lowest BCUT2D eigenvalue weighted by atomic mass is 9.72. The maximum atomic E-state index is 12.9. The van der Waals surface area contributed by atoms with Gasteiger partial charge in [-0.05, 0) is 102 Å². The van der Waals surface area contributed by atoms with Crippen molar-refractivity contribution in [2.75, 3.05) is 53.4 Å². The number of piperidine rings is 2. The number of hydrogen-bond donors (Lipinski definition) is 6. The van der Waals surface area contributed by atoms with Crippen LogP contribution >= 0.6 is 0 Å². The molecule has 0 radical (unpaired) electrons. The summed E-state index contributed by atoms with van der Waals surface area (Å²) >= 11 is 0. The van der Waals surface area contributed by atoms with Crippen LogP contribution in [0.5, 0.6) is 0 Å². The minimum absolute atomic E-state index is 0.117.